The highest BCUT2D eigenvalue weighted by Crippen LogP contribution is 2.38. The molecule has 1 aromatic carbocycles. The van der Waals surface area contributed by atoms with E-state index in [-0.39, 0.29) is 6.61 Å². The van der Waals surface area contributed by atoms with Crippen LogP contribution in [-0.4, -0.2) is 11.0 Å². The molecule has 2 N–H and O–H groups in total. The minimum Gasteiger partial charge on any atom is -0.457 e. The Morgan fingerprint density at radius 2 is 2.00 bits per heavy atom. The summed E-state index contributed by atoms with van der Waals surface area (Å²) in [5, 5.41) is 1.31. The van der Waals surface area contributed by atoms with E-state index in [0.29, 0.717) is 20.4 Å². The maximum Gasteiger partial charge on any atom is 0.350 e. The van der Waals surface area contributed by atoms with Crippen molar-refractivity contribution >= 4 is 44.8 Å². The van der Waals surface area contributed by atoms with Gasteiger partial charge in [0.15, 0.2) is 0 Å². The summed E-state index contributed by atoms with van der Waals surface area (Å²) >= 11 is 7.46. The first kappa shape index (κ1) is 15.8. The second kappa shape index (κ2) is 6.18. The monoisotopic (exact) mass is 346 g/mol. The molecule has 6 heteroatoms. The number of anilines is 1. The fourth-order valence-corrected chi connectivity index (χ4v) is 3.63. The second-order valence-corrected chi connectivity index (χ2v) is 6.60. The van der Waals surface area contributed by atoms with Gasteiger partial charge in [-0.2, -0.15) is 0 Å². The number of nitrogens with two attached hydrogens (primary N) is 1. The molecule has 0 amide bonds. The van der Waals surface area contributed by atoms with Gasteiger partial charge in [-0.05, 0) is 25.0 Å². The number of hydrogen-bond donors (Lipinski definition) is 1. The van der Waals surface area contributed by atoms with Crippen LogP contribution in [0.1, 0.15) is 26.5 Å². The first-order valence-electron chi connectivity index (χ1n) is 7.04. The van der Waals surface area contributed by atoms with Crippen molar-refractivity contribution < 1.29 is 9.53 Å². The molecule has 2 aromatic heterocycles. The van der Waals surface area contributed by atoms with Crippen LogP contribution < -0.4 is 5.73 Å². The van der Waals surface area contributed by atoms with Crippen LogP contribution in [0.15, 0.2) is 30.3 Å². The number of pyridine rings is 1. The normalized spacial score (nSPS) is 10.9. The minimum atomic E-state index is -0.442. The number of carbonyl (C=O) groups is 1. The van der Waals surface area contributed by atoms with Crippen molar-refractivity contribution in [2.45, 2.75) is 20.5 Å². The number of hydrogen-bond acceptors (Lipinski definition) is 5. The van der Waals surface area contributed by atoms with Gasteiger partial charge in [0.05, 0.1) is 16.4 Å². The van der Waals surface area contributed by atoms with Crippen molar-refractivity contribution in [3.63, 3.8) is 0 Å². The van der Waals surface area contributed by atoms with E-state index in [1.807, 2.05) is 44.2 Å². The Labute approximate surface area is 142 Å². The minimum absolute atomic E-state index is 0.208. The Hall–Kier alpha value is -2.11. The molecule has 0 saturated carbocycles. The third kappa shape index (κ3) is 2.90. The van der Waals surface area contributed by atoms with Crippen LogP contribution in [0.3, 0.4) is 0 Å². The van der Waals surface area contributed by atoms with E-state index in [2.05, 4.69) is 4.98 Å². The molecule has 0 unspecified atom stereocenters. The van der Waals surface area contributed by atoms with Crippen LogP contribution in [0.4, 0.5) is 5.69 Å². The van der Waals surface area contributed by atoms with Gasteiger partial charge in [0.2, 0.25) is 0 Å². The number of aryl methyl sites for hydroxylation is 2. The Bertz CT molecular complexity index is 891. The van der Waals surface area contributed by atoms with Gasteiger partial charge in [-0.15, -0.1) is 11.3 Å². The molecule has 4 nitrogen and oxygen atoms in total. The standard InChI is InChI=1S/C17H15ClN2O2S/c1-9-12-14(19)15(23-16(12)20-10(2)13(9)18)17(21)22-8-11-6-4-3-5-7-11/h3-7H,8,19H2,1-2H3. The molecule has 0 spiro atoms. The van der Waals surface area contributed by atoms with Crippen molar-refractivity contribution in [1.29, 1.82) is 0 Å². The smallest absolute Gasteiger partial charge is 0.350 e. The second-order valence-electron chi connectivity index (χ2n) is 5.22. The van der Waals surface area contributed by atoms with Crippen LogP contribution >= 0.6 is 22.9 Å². The topological polar surface area (TPSA) is 65.2 Å². The van der Waals surface area contributed by atoms with Crippen molar-refractivity contribution in [1.82, 2.24) is 4.98 Å². The molecule has 3 aromatic rings. The van der Waals surface area contributed by atoms with Crippen LogP contribution in [0.25, 0.3) is 10.2 Å². The number of ether oxygens (including phenoxy) is 1. The molecule has 0 saturated heterocycles. The van der Waals surface area contributed by atoms with Crippen molar-refractivity contribution in [3.05, 3.63) is 57.1 Å². The average molecular weight is 347 g/mol. The molecule has 118 valence electrons. The number of nitrogen functional groups attached to an aromatic ring is 1. The molecule has 0 bridgehead atoms. The molecule has 0 aliphatic heterocycles. The van der Waals surface area contributed by atoms with Gasteiger partial charge in [-0.25, -0.2) is 9.78 Å². The predicted molar refractivity (Wildman–Crippen MR) is 94.1 cm³/mol. The number of fused-ring (bicyclic) bond motifs is 1. The van der Waals surface area contributed by atoms with Gasteiger partial charge >= 0.3 is 5.97 Å². The number of halogens is 1. The Kier molecular flexibility index (Phi) is 4.24. The van der Waals surface area contributed by atoms with Gasteiger partial charge in [-0.3, -0.25) is 0 Å². The highest BCUT2D eigenvalue weighted by atomic mass is 35.5. The summed E-state index contributed by atoms with van der Waals surface area (Å²) < 4.78 is 5.36. The van der Waals surface area contributed by atoms with E-state index >= 15 is 0 Å². The van der Waals surface area contributed by atoms with Crippen LogP contribution in [0, 0.1) is 13.8 Å². The first-order valence-corrected chi connectivity index (χ1v) is 8.24. The van der Waals surface area contributed by atoms with E-state index in [1.165, 1.54) is 11.3 Å². The SMILES string of the molecule is Cc1nc2sc(C(=O)OCc3ccccc3)c(N)c2c(C)c1Cl. The number of nitrogens with zero attached hydrogens (tertiary/aromatic N) is 1. The Morgan fingerprint density at radius 1 is 1.30 bits per heavy atom. The average Bonchev–Trinajstić information content (AvgIpc) is 2.88. The van der Waals surface area contributed by atoms with Crippen LogP contribution in [0.5, 0.6) is 0 Å². The van der Waals surface area contributed by atoms with Gasteiger partial charge in [0.25, 0.3) is 0 Å². The van der Waals surface area contributed by atoms with E-state index in [1.54, 1.807) is 0 Å². The van der Waals surface area contributed by atoms with Crippen LogP contribution in [0.2, 0.25) is 5.02 Å². The van der Waals surface area contributed by atoms with E-state index < -0.39 is 5.97 Å². The van der Waals surface area contributed by atoms with Crippen molar-refractivity contribution in [2.75, 3.05) is 5.73 Å². The number of esters is 1. The number of thiophene rings is 1. The summed E-state index contributed by atoms with van der Waals surface area (Å²) in [6.07, 6.45) is 0. The fourth-order valence-electron chi connectivity index (χ4n) is 2.40. The molecule has 0 radical (unpaired) electrons. The zero-order chi connectivity index (χ0) is 16.6. The number of carbonyl (C=O) groups excluding carboxylic acids is 1. The van der Waals surface area contributed by atoms with E-state index in [0.717, 1.165) is 22.2 Å². The fraction of sp³-hybridized carbons (Fsp3) is 0.176. The van der Waals surface area contributed by atoms with E-state index in [9.17, 15) is 4.79 Å². The van der Waals surface area contributed by atoms with Gasteiger partial charge in [0.1, 0.15) is 16.3 Å². The lowest BCUT2D eigenvalue weighted by atomic mass is 10.1. The molecule has 0 atom stereocenters. The van der Waals surface area contributed by atoms with Gasteiger partial charge < -0.3 is 10.5 Å². The molecule has 23 heavy (non-hydrogen) atoms. The van der Waals surface area contributed by atoms with Crippen LogP contribution in [-0.2, 0) is 11.3 Å². The van der Waals surface area contributed by atoms with E-state index in [4.69, 9.17) is 22.1 Å². The first-order chi connectivity index (χ1) is 11.0. The summed E-state index contributed by atoms with van der Waals surface area (Å²) in [5.74, 6) is -0.442. The number of aromatic nitrogens is 1. The molecule has 3 rings (SSSR count). The Morgan fingerprint density at radius 3 is 2.70 bits per heavy atom. The Balaban J connectivity index is 1.92. The predicted octanol–water partition coefficient (Wildman–Crippen LogP) is 4.51. The molecule has 0 fully saturated rings. The van der Waals surface area contributed by atoms with Gasteiger partial charge in [-0.1, -0.05) is 41.9 Å². The summed E-state index contributed by atoms with van der Waals surface area (Å²) in [7, 11) is 0. The summed E-state index contributed by atoms with van der Waals surface area (Å²) in [5.41, 5.74) is 9.01. The highest BCUT2D eigenvalue weighted by Gasteiger charge is 2.21. The molecule has 0 aliphatic carbocycles. The lowest BCUT2D eigenvalue weighted by molar-refractivity contribution is 0.0480. The molecule has 0 aliphatic rings. The lowest BCUT2D eigenvalue weighted by Gasteiger charge is -2.05. The maximum absolute atomic E-state index is 12.3. The quantitative estimate of drug-likeness (QED) is 0.709. The van der Waals surface area contributed by atoms with Crippen molar-refractivity contribution in [3.8, 4) is 0 Å². The third-order valence-corrected chi connectivity index (χ3v) is 5.25. The van der Waals surface area contributed by atoms with Crippen molar-refractivity contribution in [2.24, 2.45) is 0 Å². The summed E-state index contributed by atoms with van der Waals surface area (Å²) in [6.45, 7) is 3.92. The lowest BCUT2D eigenvalue weighted by Crippen LogP contribution is -2.05. The largest absolute Gasteiger partial charge is 0.457 e. The number of benzene rings is 1. The summed E-state index contributed by atoms with van der Waals surface area (Å²) in [6, 6.07) is 9.51. The maximum atomic E-state index is 12.3. The summed E-state index contributed by atoms with van der Waals surface area (Å²) in [4.78, 5) is 17.8. The molecular formula is C17H15ClN2O2S. The number of rotatable bonds is 3. The zero-order valence-electron chi connectivity index (χ0n) is 12.7. The highest BCUT2D eigenvalue weighted by molar-refractivity contribution is 7.21. The van der Waals surface area contributed by atoms with Gasteiger partial charge in [0, 0.05) is 5.39 Å². The molecular weight excluding hydrogens is 332 g/mol. The molecule has 2 heterocycles. The third-order valence-electron chi connectivity index (χ3n) is 3.62. The zero-order valence-corrected chi connectivity index (χ0v) is 14.3.